The summed E-state index contributed by atoms with van der Waals surface area (Å²) in [6.45, 7) is 0. The minimum Gasteiger partial charge on any atom is -0.309 e. The van der Waals surface area contributed by atoms with E-state index in [0.29, 0.717) is 17.0 Å². The fourth-order valence-electron chi connectivity index (χ4n) is 8.79. The molecule has 0 atom stereocenters. The van der Waals surface area contributed by atoms with E-state index in [1.54, 1.807) is 0 Å². The normalized spacial score (nSPS) is 12.7. The smallest absolute Gasteiger partial charge is 0.164 e. The van der Waals surface area contributed by atoms with Gasteiger partial charge in [-0.25, -0.2) is 15.0 Å². The molecule has 0 saturated carbocycles. The highest BCUT2D eigenvalue weighted by Gasteiger charge is 2.19. The first-order chi connectivity index (χ1) is 32.8. The second-order valence-corrected chi connectivity index (χ2v) is 15.3. The van der Waals surface area contributed by atoms with E-state index in [9.17, 15) is 0 Å². The summed E-state index contributed by atoms with van der Waals surface area (Å²) in [5, 5.41) is 4.57. The second-order valence-electron chi connectivity index (χ2n) is 15.3. The van der Waals surface area contributed by atoms with Gasteiger partial charge in [0.05, 0.1) is 28.9 Å². The van der Waals surface area contributed by atoms with E-state index in [2.05, 4.69) is 124 Å². The molecule has 0 N–H and O–H groups in total. The Hall–Kier alpha value is -8.41. The monoisotopic (exact) mass is 796 g/mol. The van der Waals surface area contributed by atoms with E-state index >= 15 is 0 Å². The van der Waals surface area contributed by atoms with E-state index in [1.165, 1.54) is 10.8 Å². The van der Waals surface area contributed by atoms with Gasteiger partial charge in [0.2, 0.25) is 0 Å². The summed E-state index contributed by atoms with van der Waals surface area (Å²) in [4.78, 5) is 15.0. The molecule has 0 radical (unpaired) electrons. The second kappa shape index (κ2) is 14.7. The standard InChI is InChI=1S/C57H37N5/c1-4-16-38(17-5-1)40-28-30-42(31-29-40)56-58-55(41-20-8-3-9-21-41)59-57(60-56)44-34-43(39-18-6-2-7-19-39)35-46(36-44)62-53-27-15-12-24-49(53)50-33-32-45(37-54(50)62)61-51-25-13-10-22-47(51)48-23-11-14-26-52(48)61/h1-37H/i3D,8D,9D,20D,21D. The maximum Gasteiger partial charge on any atom is 0.164 e. The summed E-state index contributed by atoms with van der Waals surface area (Å²) in [5.41, 5.74) is 11.3. The third-order valence-corrected chi connectivity index (χ3v) is 11.6. The Bertz CT molecular complexity index is 3840. The van der Waals surface area contributed by atoms with Crippen LogP contribution in [0.25, 0.3) is 111 Å². The topological polar surface area (TPSA) is 48.5 Å². The quantitative estimate of drug-likeness (QED) is 0.161. The van der Waals surface area contributed by atoms with Crippen LogP contribution in [0.2, 0.25) is 0 Å². The van der Waals surface area contributed by atoms with Crippen molar-refractivity contribution in [1.82, 2.24) is 24.1 Å². The van der Waals surface area contributed by atoms with Gasteiger partial charge in [0.25, 0.3) is 0 Å². The van der Waals surface area contributed by atoms with Crippen LogP contribution >= 0.6 is 0 Å². The first-order valence-electron chi connectivity index (χ1n) is 23.0. The summed E-state index contributed by atoms with van der Waals surface area (Å²) in [6, 6.07) is 64.3. The minimum absolute atomic E-state index is 0.0246. The summed E-state index contributed by atoms with van der Waals surface area (Å²) in [7, 11) is 0. The molecule has 12 rings (SSSR count). The SMILES string of the molecule is [2H]c1c([2H])c([2H])c(-c2nc(-c3ccc(-c4ccccc4)cc3)nc(-c3cc(-c4ccccc4)cc(-n4c5ccccc5c5ccc(-n6c7ccccc7c7ccccc76)cc54)c3)n2)c([2H])c1[2H]. The van der Waals surface area contributed by atoms with Crippen LogP contribution in [0.15, 0.2) is 224 Å². The lowest BCUT2D eigenvalue weighted by molar-refractivity contribution is 1.07. The van der Waals surface area contributed by atoms with Crippen molar-refractivity contribution in [1.29, 1.82) is 0 Å². The van der Waals surface area contributed by atoms with Crippen molar-refractivity contribution in [2.24, 2.45) is 0 Å². The van der Waals surface area contributed by atoms with Crippen molar-refractivity contribution >= 4 is 43.6 Å². The lowest BCUT2D eigenvalue weighted by Gasteiger charge is -2.15. The number of nitrogens with zero attached hydrogens (tertiary/aromatic N) is 5. The molecule has 0 saturated heterocycles. The van der Waals surface area contributed by atoms with Gasteiger partial charge in [-0.1, -0.05) is 176 Å². The van der Waals surface area contributed by atoms with E-state index in [1.807, 2.05) is 78.9 Å². The van der Waals surface area contributed by atoms with Gasteiger partial charge in [0.15, 0.2) is 17.5 Å². The highest BCUT2D eigenvalue weighted by molar-refractivity contribution is 6.12. The van der Waals surface area contributed by atoms with Crippen LogP contribution in [0, 0.1) is 0 Å². The molecule has 9 aromatic carbocycles. The van der Waals surface area contributed by atoms with E-state index in [-0.39, 0.29) is 17.2 Å². The Morgan fingerprint density at radius 3 is 1.32 bits per heavy atom. The average molecular weight is 797 g/mol. The molecule has 0 aliphatic carbocycles. The van der Waals surface area contributed by atoms with Crippen LogP contribution in [0.5, 0.6) is 0 Å². The molecular formula is C57H37N5. The van der Waals surface area contributed by atoms with Gasteiger partial charge < -0.3 is 9.13 Å². The van der Waals surface area contributed by atoms with Crippen LogP contribution in [0.4, 0.5) is 0 Å². The zero-order valence-electron chi connectivity index (χ0n) is 38.2. The van der Waals surface area contributed by atoms with Gasteiger partial charge in [-0.2, -0.15) is 0 Å². The van der Waals surface area contributed by atoms with Crippen molar-refractivity contribution in [3.8, 4) is 67.8 Å². The molecule has 12 aromatic rings. The van der Waals surface area contributed by atoms with Gasteiger partial charge >= 0.3 is 0 Å². The molecule has 0 unspecified atom stereocenters. The molecule has 3 heterocycles. The van der Waals surface area contributed by atoms with Gasteiger partial charge in [-0.3, -0.25) is 0 Å². The first-order valence-corrected chi connectivity index (χ1v) is 20.5. The third kappa shape index (κ3) is 6.06. The van der Waals surface area contributed by atoms with Crippen molar-refractivity contribution in [2.75, 3.05) is 0 Å². The molecule has 0 amide bonds. The Morgan fingerprint density at radius 2 is 0.726 bits per heavy atom. The molecule has 0 fully saturated rings. The van der Waals surface area contributed by atoms with Crippen molar-refractivity contribution < 1.29 is 6.85 Å². The lowest BCUT2D eigenvalue weighted by Crippen LogP contribution is -2.02. The van der Waals surface area contributed by atoms with Crippen molar-refractivity contribution in [2.45, 2.75) is 0 Å². The van der Waals surface area contributed by atoms with Crippen LogP contribution in [-0.2, 0) is 0 Å². The van der Waals surface area contributed by atoms with E-state index < -0.39 is 30.2 Å². The number of rotatable bonds is 7. The Balaban J connectivity index is 1.11. The predicted molar refractivity (Wildman–Crippen MR) is 256 cm³/mol. The maximum atomic E-state index is 8.96. The summed E-state index contributed by atoms with van der Waals surface area (Å²) in [6.07, 6.45) is 0. The maximum absolute atomic E-state index is 8.96. The molecule has 3 aromatic heterocycles. The molecule has 290 valence electrons. The molecule has 5 nitrogen and oxygen atoms in total. The van der Waals surface area contributed by atoms with Gasteiger partial charge in [-0.05, 0) is 70.8 Å². The van der Waals surface area contributed by atoms with Crippen LogP contribution < -0.4 is 0 Å². The summed E-state index contributed by atoms with van der Waals surface area (Å²) in [5.74, 6) is 0.555. The zero-order valence-corrected chi connectivity index (χ0v) is 33.2. The number of para-hydroxylation sites is 3. The Labute approximate surface area is 365 Å². The van der Waals surface area contributed by atoms with Crippen LogP contribution in [0.3, 0.4) is 0 Å². The number of fused-ring (bicyclic) bond motifs is 6. The van der Waals surface area contributed by atoms with Crippen LogP contribution in [0.1, 0.15) is 6.85 Å². The number of hydrogen-bond acceptors (Lipinski definition) is 3. The third-order valence-electron chi connectivity index (χ3n) is 11.6. The predicted octanol–water partition coefficient (Wildman–Crippen LogP) is 14.4. The van der Waals surface area contributed by atoms with Crippen LogP contribution in [-0.4, -0.2) is 24.1 Å². The summed E-state index contributed by atoms with van der Waals surface area (Å²) >= 11 is 0. The van der Waals surface area contributed by atoms with E-state index in [0.717, 1.165) is 66.5 Å². The highest BCUT2D eigenvalue weighted by atomic mass is 15.0. The highest BCUT2D eigenvalue weighted by Crippen LogP contribution is 2.39. The molecule has 0 aliphatic heterocycles. The molecule has 0 spiro atoms. The van der Waals surface area contributed by atoms with Gasteiger partial charge in [0.1, 0.15) is 0 Å². The van der Waals surface area contributed by atoms with Gasteiger partial charge in [0, 0.05) is 49.6 Å². The minimum atomic E-state index is -0.488. The fraction of sp³-hybridized carbons (Fsp3) is 0. The Kier molecular flexibility index (Phi) is 7.25. The fourth-order valence-corrected chi connectivity index (χ4v) is 8.79. The van der Waals surface area contributed by atoms with E-state index in [4.69, 9.17) is 21.8 Å². The lowest BCUT2D eigenvalue weighted by atomic mass is 10.0. The summed E-state index contributed by atoms with van der Waals surface area (Å²) < 4.78 is 48.0. The number of hydrogen-bond donors (Lipinski definition) is 0. The largest absolute Gasteiger partial charge is 0.309 e. The van der Waals surface area contributed by atoms with Crippen molar-refractivity contribution in [3.63, 3.8) is 0 Å². The number of aromatic nitrogens is 5. The molecule has 0 aliphatic rings. The zero-order chi connectivity index (χ0) is 45.3. The van der Waals surface area contributed by atoms with Crippen molar-refractivity contribution in [3.05, 3.63) is 224 Å². The molecular weight excluding hydrogens is 755 g/mol. The Morgan fingerprint density at radius 1 is 0.290 bits per heavy atom. The molecule has 62 heavy (non-hydrogen) atoms. The average Bonchev–Trinajstić information content (AvgIpc) is 3.90. The molecule has 0 bridgehead atoms. The molecule has 5 heteroatoms. The number of benzene rings is 9. The van der Waals surface area contributed by atoms with Gasteiger partial charge in [-0.15, -0.1) is 0 Å². The first kappa shape index (κ1) is 30.6.